The third-order valence-corrected chi connectivity index (χ3v) is 6.29. The van der Waals surface area contributed by atoms with Crippen LogP contribution in [-0.4, -0.2) is 15.4 Å². The molecule has 0 saturated heterocycles. The molecule has 4 aromatic rings. The van der Waals surface area contributed by atoms with Gasteiger partial charge < -0.3 is 4.57 Å². The predicted octanol–water partition coefficient (Wildman–Crippen LogP) is 6.53. The largest absolute Gasteiger partial charge is 0.318 e. The number of nitrogens with zero attached hydrogens (tertiary/aromatic N) is 3. The molecule has 1 amide bonds. The second kappa shape index (κ2) is 8.15. The van der Waals surface area contributed by atoms with Crippen molar-refractivity contribution in [1.29, 1.82) is 0 Å². The number of hydrogen-bond acceptors (Lipinski definition) is 3. The van der Waals surface area contributed by atoms with Crippen molar-refractivity contribution in [2.75, 3.05) is 4.90 Å². The first-order chi connectivity index (χ1) is 16.4. The zero-order chi connectivity index (χ0) is 24.0. The van der Waals surface area contributed by atoms with Gasteiger partial charge in [-0.2, -0.15) is 0 Å². The molecule has 2 heterocycles. The van der Waals surface area contributed by atoms with E-state index in [1.165, 1.54) is 6.07 Å². The maximum atomic E-state index is 13.6. The van der Waals surface area contributed by atoms with E-state index in [0.29, 0.717) is 5.57 Å². The van der Waals surface area contributed by atoms with E-state index in [4.69, 9.17) is 0 Å². The quantitative estimate of drug-likeness (QED) is 0.202. The minimum absolute atomic E-state index is 0.0660. The van der Waals surface area contributed by atoms with Crippen LogP contribution in [0.3, 0.4) is 0 Å². The zero-order valence-corrected chi connectivity index (χ0v) is 19.1. The second-order valence-electron chi connectivity index (χ2n) is 8.44. The lowest BCUT2D eigenvalue weighted by Crippen LogP contribution is -2.20. The van der Waals surface area contributed by atoms with Gasteiger partial charge >= 0.3 is 0 Å². The normalized spacial score (nSPS) is 14.0. The molecule has 34 heavy (non-hydrogen) atoms. The fourth-order valence-corrected chi connectivity index (χ4v) is 4.68. The molecule has 168 valence electrons. The maximum Gasteiger partial charge on any atom is 0.269 e. The third-order valence-electron chi connectivity index (χ3n) is 6.29. The molecular weight excluding hydrogens is 426 g/mol. The summed E-state index contributed by atoms with van der Waals surface area (Å²) in [6.45, 7) is 5.87. The van der Waals surface area contributed by atoms with E-state index < -0.39 is 0 Å². The number of nitro benzene ring substituents is 1. The monoisotopic (exact) mass is 449 g/mol. The van der Waals surface area contributed by atoms with Crippen LogP contribution in [0.1, 0.15) is 28.1 Å². The minimum atomic E-state index is -0.385. The molecule has 0 N–H and O–H groups in total. The number of anilines is 2. The number of hydrogen-bond donors (Lipinski definition) is 0. The summed E-state index contributed by atoms with van der Waals surface area (Å²) in [5.41, 5.74) is 7.88. The summed E-state index contributed by atoms with van der Waals surface area (Å²) in [6, 6.07) is 24.4. The lowest BCUT2D eigenvalue weighted by Gasteiger charge is -2.16. The van der Waals surface area contributed by atoms with Gasteiger partial charge in [0, 0.05) is 40.5 Å². The number of nitro groups is 1. The number of carbonyl (C=O) groups is 1. The topological polar surface area (TPSA) is 68.4 Å². The molecule has 3 aromatic carbocycles. The van der Waals surface area contributed by atoms with E-state index in [-0.39, 0.29) is 16.5 Å². The van der Waals surface area contributed by atoms with Crippen LogP contribution in [0.25, 0.3) is 17.3 Å². The Morgan fingerprint density at radius 1 is 0.853 bits per heavy atom. The van der Waals surface area contributed by atoms with Crippen molar-refractivity contribution in [2.24, 2.45) is 0 Å². The predicted molar refractivity (Wildman–Crippen MR) is 135 cm³/mol. The molecule has 0 radical (unpaired) electrons. The van der Waals surface area contributed by atoms with Gasteiger partial charge in [0.05, 0.1) is 16.2 Å². The van der Waals surface area contributed by atoms with Gasteiger partial charge in [0.2, 0.25) is 0 Å². The Balaban J connectivity index is 1.62. The Morgan fingerprint density at radius 3 is 2.26 bits per heavy atom. The lowest BCUT2D eigenvalue weighted by atomic mass is 10.0. The Morgan fingerprint density at radius 2 is 1.56 bits per heavy atom. The number of rotatable bonds is 4. The Bertz CT molecular complexity index is 1480. The fourth-order valence-electron chi connectivity index (χ4n) is 4.68. The van der Waals surface area contributed by atoms with Crippen molar-refractivity contribution in [3.8, 4) is 5.69 Å². The molecule has 0 bridgehead atoms. The van der Waals surface area contributed by atoms with Crippen molar-refractivity contribution >= 4 is 34.6 Å². The van der Waals surface area contributed by atoms with E-state index >= 15 is 0 Å². The van der Waals surface area contributed by atoms with Crippen LogP contribution in [-0.2, 0) is 4.79 Å². The zero-order valence-electron chi connectivity index (χ0n) is 19.1. The molecular formula is C28H23N3O3. The van der Waals surface area contributed by atoms with Gasteiger partial charge in [0.15, 0.2) is 0 Å². The summed E-state index contributed by atoms with van der Waals surface area (Å²) in [5, 5.41) is 11.1. The van der Waals surface area contributed by atoms with E-state index in [1.54, 1.807) is 17.0 Å². The van der Waals surface area contributed by atoms with Crippen LogP contribution in [0.2, 0.25) is 0 Å². The number of non-ortho nitro benzene ring substituents is 1. The van der Waals surface area contributed by atoms with Crippen LogP contribution < -0.4 is 4.90 Å². The highest BCUT2D eigenvalue weighted by Gasteiger charge is 2.33. The fraction of sp³-hybridized carbons (Fsp3) is 0.107. The average Bonchev–Trinajstić information content (AvgIpc) is 3.27. The molecule has 0 atom stereocenters. The average molecular weight is 450 g/mol. The van der Waals surface area contributed by atoms with E-state index in [1.807, 2.05) is 87.5 Å². The van der Waals surface area contributed by atoms with Crippen LogP contribution >= 0.6 is 0 Å². The summed E-state index contributed by atoms with van der Waals surface area (Å²) in [6.07, 6.45) is 1.95. The summed E-state index contributed by atoms with van der Waals surface area (Å²) in [4.78, 5) is 26.1. The van der Waals surface area contributed by atoms with Gasteiger partial charge in [-0.3, -0.25) is 19.8 Å². The van der Waals surface area contributed by atoms with E-state index in [9.17, 15) is 14.9 Å². The summed E-state index contributed by atoms with van der Waals surface area (Å²) >= 11 is 0. The number of carbonyl (C=O) groups excluding carboxylic acids is 1. The first-order valence-electron chi connectivity index (χ1n) is 11.0. The van der Waals surface area contributed by atoms with Gasteiger partial charge in [0.25, 0.3) is 11.6 Å². The molecule has 0 fully saturated rings. The van der Waals surface area contributed by atoms with E-state index in [2.05, 4.69) is 4.57 Å². The Labute approximate surface area is 197 Å². The van der Waals surface area contributed by atoms with Gasteiger partial charge in [-0.25, -0.2) is 0 Å². The van der Waals surface area contributed by atoms with Crippen LogP contribution in [0.4, 0.5) is 17.1 Å². The molecule has 5 rings (SSSR count). The minimum Gasteiger partial charge on any atom is -0.318 e. The van der Waals surface area contributed by atoms with Crippen LogP contribution in [0.15, 0.2) is 78.9 Å². The number of benzene rings is 3. The van der Waals surface area contributed by atoms with Crippen molar-refractivity contribution in [1.82, 2.24) is 4.57 Å². The number of para-hydroxylation sites is 2. The molecule has 1 aliphatic heterocycles. The molecule has 0 saturated carbocycles. The molecule has 0 unspecified atom stereocenters. The summed E-state index contributed by atoms with van der Waals surface area (Å²) < 4.78 is 2.08. The second-order valence-corrected chi connectivity index (χ2v) is 8.44. The van der Waals surface area contributed by atoms with E-state index in [0.717, 1.165) is 45.1 Å². The first kappa shape index (κ1) is 21.4. The van der Waals surface area contributed by atoms with Crippen LogP contribution in [0, 0.1) is 30.9 Å². The molecule has 1 aliphatic rings. The first-order valence-corrected chi connectivity index (χ1v) is 11.0. The highest BCUT2D eigenvalue weighted by atomic mass is 16.6. The van der Waals surface area contributed by atoms with Crippen molar-refractivity contribution in [2.45, 2.75) is 20.8 Å². The molecule has 0 spiro atoms. The SMILES string of the molecule is Cc1cc([N+](=O)[O-])ccc1-n1c(C)cc(/C=C2/C(=O)N(c3ccccc3)c3ccccc32)c1C. The number of aryl methyl sites for hydroxylation is 2. The highest BCUT2D eigenvalue weighted by molar-refractivity contribution is 6.38. The lowest BCUT2D eigenvalue weighted by molar-refractivity contribution is -0.384. The van der Waals surface area contributed by atoms with Crippen molar-refractivity contribution < 1.29 is 9.72 Å². The summed E-state index contributed by atoms with van der Waals surface area (Å²) in [5.74, 6) is -0.0660. The van der Waals surface area contributed by atoms with Gasteiger partial charge in [-0.05, 0) is 68.3 Å². The molecule has 6 nitrogen and oxygen atoms in total. The summed E-state index contributed by atoms with van der Waals surface area (Å²) in [7, 11) is 0. The molecule has 6 heteroatoms. The number of fused-ring (bicyclic) bond motifs is 1. The van der Waals surface area contributed by atoms with Crippen molar-refractivity contribution in [3.05, 3.63) is 117 Å². The van der Waals surface area contributed by atoms with Crippen molar-refractivity contribution in [3.63, 3.8) is 0 Å². The standard InChI is InChI=1S/C28H23N3O3/c1-18-15-23(31(33)34)13-14-26(18)29-19(2)16-21(20(29)3)17-25-24-11-7-8-12-27(24)30(28(25)32)22-9-5-4-6-10-22/h4-17H,1-3H3/b25-17+. The number of amides is 1. The smallest absolute Gasteiger partial charge is 0.269 e. The van der Waals surface area contributed by atoms with Crippen LogP contribution in [0.5, 0.6) is 0 Å². The maximum absolute atomic E-state index is 13.6. The third kappa shape index (κ3) is 3.40. The number of aromatic nitrogens is 1. The Hall–Kier alpha value is -4.45. The van der Waals surface area contributed by atoms with Gasteiger partial charge in [0.1, 0.15) is 0 Å². The molecule has 0 aliphatic carbocycles. The van der Waals surface area contributed by atoms with Gasteiger partial charge in [-0.1, -0.05) is 36.4 Å². The Kier molecular flexibility index (Phi) is 5.13. The molecule has 1 aromatic heterocycles. The highest BCUT2D eigenvalue weighted by Crippen LogP contribution is 2.42. The van der Waals surface area contributed by atoms with Gasteiger partial charge in [-0.15, -0.1) is 0 Å².